The summed E-state index contributed by atoms with van der Waals surface area (Å²) < 4.78 is 19.1. The maximum atomic E-state index is 6.36. The quantitative estimate of drug-likeness (QED) is 0.0640. The third-order valence-corrected chi connectivity index (χ3v) is 10.0. The van der Waals surface area contributed by atoms with E-state index in [0.717, 1.165) is 19.3 Å². The van der Waals surface area contributed by atoms with Crippen LogP contribution in [0.3, 0.4) is 0 Å². The molecule has 1 aliphatic heterocycles. The lowest BCUT2D eigenvalue weighted by Gasteiger charge is -2.36. The standard InChI is InChI=1S/C42H84O3/c1-4-7-10-13-16-19-22-25-28-31-34-37-40-43-41(38-35-32-29-26-23-20-17-14-11-8-5-2)45-42(44-40)39-36-33-30-27-24-21-18-15-12-9-6-3/h40-42H,4-39H2,1-3H3. The molecule has 3 heteroatoms. The summed E-state index contributed by atoms with van der Waals surface area (Å²) in [7, 11) is 0. The van der Waals surface area contributed by atoms with Gasteiger partial charge in [-0.05, 0) is 38.5 Å². The normalized spacial score (nSPS) is 18.6. The predicted octanol–water partition coefficient (Wildman–Crippen LogP) is 15.1. The molecule has 3 nitrogen and oxygen atoms in total. The maximum Gasteiger partial charge on any atom is 0.163 e. The van der Waals surface area contributed by atoms with Gasteiger partial charge < -0.3 is 14.2 Å². The van der Waals surface area contributed by atoms with Gasteiger partial charge in [0.1, 0.15) is 0 Å². The zero-order valence-corrected chi connectivity index (χ0v) is 31.4. The SMILES string of the molecule is CCCCCCCCCCCCCC1OC(CCCCCCCCCCCCC)OC(CCCCCCCCCCCCC)O1. The summed E-state index contributed by atoms with van der Waals surface area (Å²) in [5.41, 5.74) is 0. The van der Waals surface area contributed by atoms with Gasteiger partial charge in [0.2, 0.25) is 0 Å². The second-order valence-electron chi connectivity index (χ2n) is 14.7. The fourth-order valence-corrected chi connectivity index (χ4v) is 6.94. The maximum absolute atomic E-state index is 6.36. The summed E-state index contributed by atoms with van der Waals surface area (Å²) >= 11 is 0. The minimum atomic E-state index is -0.0623. The van der Waals surface area contributed by atoms with Crippen molar-refractivity contribution in [2.45, 2.75) is 271 Å². The highest BCUT2D eigenvalue weighted by Crippen LogP contribution is 2.27. The molecule has 0 atom stereocenters. The molecule has 1 saturated heterocycles. The van der Waals surface area contributed by atoms with E-state index >= 15 is 0 Å². The van der Waals surface area contributed by atoms with Crippen LogP contribution >= 0.6 is 0 Å². The van der Waals surface area contributed by atoms with Crippen molar-refractivity contribution in [1.82, 2.24) is 0 Å². The van der Waals surface area contributed by atoms with Crippen LogP contribution < -0.4 is 0 Å². The van der Waals surface area contributed by atoms with E-state index in [9.17, 15) is 0 Å². The Kier molecular flexibility index (Phi) is 33.6. The van der Waals surface area contributed by atoms with Crippen molar-refractivity contribution in [2.24, 2.45) is 0 Å². The predicted molar refractivity (Wildman–Crippen MR) is 198 cm³/mol. The molecular formula is C42H84O3. The van der Waals surface area contributed by atoms with Gasteiger partial charge in [0.25, 0.3) is 0 Å². The van der Waals surface area contributed by atoms with Crippen molar-refractivity contribution < 1.29 is 14.2 Å². The molecule has 0 spiro atoms. The van der Waals surface area contributed by atoms with Crippen LogP contribution in [0.15, 0.2) is 0 Å². The molecule has 1 aliphatic rings. The summed E-state index contributed by atoms with van der Waals surface area (Å²) in [5, 5.41) is 0. The number of hydrogen-bond acceptors (Lipinski definition) is 3. The van der Waals surface area contributed by atoms with Crippen LogP contribution in [0.2, 0.25) is 0 Å². The highest BCUT2D eigenvalue weighted by Gasteiger charge is 2.29. The summed E-state index contributed by atoms with van der Waals surface area (Å²) in [6.45, 7) is 6.90. The zero-order chi connectivity index (χ0) is 32.3. The van der Waals surface area contributed by atoms with Crippen molar-refractivity contribution in [3.8, 4) is 0 Å². The molecule has 0 radical (unpaired) electrons. The van der Waals surface area contributed by atoms with Gasteiger partial charge >= 0.3 is 0 Å². The van der Waals surface area contributed by atoms with Crippen molar-refractivity contribution >= 4 is 0 Å². The average Bonchev–Trinajstić information content (AvgIpc) is 3.05. The van der Waals surface area contributed by atoms with Gasteiger partial charge in [-0.2, -0.15) is 0 Å². The van der Waals surface area contributed by atoms with Crippen LogP contribution in [0, 0.1) is 0 Å². The summed E-state index contributed by atoms with van der Waals surface area (Å²) in [6, 6.07) is 0. The largest absolute Gasteiger partial charge is 0.324 e. The second-order valence-corrected chi connectivity index (χ2v) is 14.7. The molecule has 1 heterocycles. The second kappa shape index (κ2) is 35.2. The monoisotopic (exact) mass is 637 g/mol. The van der Waals surface area contributed by atoms with Gasteiger partial charge in [-0.25, -0.2) is 0 Å². The lowest BCUT2D eigenvalue weighted by Crippen LogP contribution is -2.40. The molecule has 0 aromatic rings. The van der Waals surface area contributed by atoms with E-state index < -0.39 is 0 Å². The minimum absolute atomic E-state index is 0.0623. The molecule has 0 amide bonds. The lowest BCUT2D eigenvalue weighted by molar-refractivity contribution is -0.386. The third kappa shape index (κ3) is 29.7. The van der Waals surface area contributed by atoms with Crippen molar-refractivity contribution in [3.05, 3.63) is 0 Å². The molecule has 0 unspecified atom stereocenters. The van der Waals surface area contributed by atoms with E-state index in [1.807, 2.05) is 0 Å². The Morgan fingerprint density at radius 1 is 0.222 bits per heavy atom. The van der Waals surface area contributed by atoms with E-state index in [1.54, 1.807) is 0 Å². The Labute approximate surface area is 284 Å². The molecular weight excluding hydrogens is 552 g/mol. The summed E-state index contributed by atoms with van der Waals surface area (Å²) in [4.78, 5) is 0. The van der Waals surface area contributed by atoms with Crippen LogP contribution in [0.25, 0.3) is 0 Å². The molecule has 45 heavy (non-hydrogen) atoms. The van der Waals surface area contributed by atoms with Crippen LogP contribution in [-0.4, -0.2) is 18.9 Å². The average molecular weight is 637 g/mol. The molecule has 0 aliphatic carbocycles. The minimum Gasteiger partial charge on any atom is -0.324 e. The van der Waals surface area contributed by atoms with Crippen LogP contribution in [0.4, 0.5) is 0 Å². The lowest BCUT2D eigenvalue weighted by atomic mass is 10.0. The number of unbranched alkanes of at least 4 members (excludes halogenated alkanes) is 30. The number of rotatable bonds is 36. The van der Waals surface area contributed by atoms with Crippen molar-refractivity contribution in [3.63, 3.8) is 0 Å². The molecule has 1 fully saturated rings. The molecule has 0 aromatic heterocycles. The highest BCUT2D eigenvalue weighted by atomic mass is 16.9. The number of hydrogen-bond donors (Lipinski definition) is 0. The molecule has 270 valence electrons. The third-order valence-electron chi connectivity index (χ3n) is 10.0. The fraction of sp³-hybridized carbons (Fsp3) is 1.00. The topological polar surface area (TPSA) is 27.7 Å². The Morgan fingerprint density at radius 3 is 0.556 bits per heavy atom. The van der Waals surface area contributed by atoms with Crippen LogP contribution in [-0.2, 0) is 14.2 Å². The summed E-state index contributed by atoms with van der Waals surface area (Å²) in [5.74, 6) is 0. The first-order valence-electron chi connectivity index (χ1n) is 21.3. The number of ether oxygens (including phenoxy) is 3. The molecule has 0 aromatic carbocycles. The van der Waals surface area contributed by atoms with Gasteiger partial charge in [-0.15, -0.1) is 0 Å². The van der Waals surface area contributed by atoms with E-state index in [0.29, 0.717) is 0 Å². The van der Waals surface area contributed by atoms with Gasteiger partial charge in [0, 0.05) is 0 Å². The van der Waals surface area contributed by atoms with E-state index in [4.69, 9.17) is 14.2 Å². The smallest absolute Gasteiger partial charge is 0.163 e. The molecule has 0 bridgehead atoms. The summed E-state index contributed by atoms with van der Waals surface area (Å²) in [6.07, 6.45) is 48.5. The first-order chi connectivity index (χ1) is 22.3. The zero-order valence-electron chi connectivity index (χ0n) is 31.4. The Balaban J connectivity index is 2.22. The van der Waals surface area contributed by atoms with Crippen LogP contribution in [0.5, 0.6) is 0 Å². The highest BCUT2D eigenvalue weighted by molar-refractivity contribution is 4.62. The van der Waals surface area contributed by atoms with Gasteiger partial charge in [0.05, 0.1) is 0 Å². The first-order valence-corrected chi connectivity index (χ1v) is 21.3. The van der Waals surface area contributed by atoms with Gasteiger partial charge in [-0.1, -0.05) is 213 Å². The van der Waals surface area contributed by atoms with E-state index in [2.05, 4.69) is 20.8 Å². The molecule has 0 N–H and O–H groups in total. The van der Waals surface area contributed by atoms with Crippen molar-refractivity contribution in [1.29, 1.82) is 0 Å². The van der Waals surface area contributed by atoms with Gasteiger partial charge in [-0.3, -0.25) is 0 Å². The molecule has 0 saturated carbocycles. The Bertz CT molecular complexity index is 470. The van der Waals surface area contributed by atoms with Crippen LogP contribution in [0.1, 0.15) is 252 Å². The Hall–Kier alpha value is -0.120. The Morgan fingerprint density at radius 2 is 0.378 bits per heavy atom. The van der Waals surface area contributed by atoms with Gasteiger partial charge in [0.15, 0.2) is 18.9 Å². The first kappa shape index (κ1) is 42.9. The van der Waals surface area contributed by atoms with E-state index in [1.165, 1.54) is 212 Å². The van der Waals surface area contributed by atoms with Crippen molar-refractivity contribution in [2.75, 3.05) is 0 Å². The molecule has 1 rings (SSSR count). The fourth-order valence-electron chi connectivity index (χ4n) is 6.94. The van der Waals surface area contributed by atoms with E-state index in [-0.39, 0.29) is 18.9 Å².